The molecule has 4 heteroatoms. The normalized spacial score (nSPS) is 21.5. The van der Waals surface area contributed by atoms with E-state index in [4.69, 9.17) is 5.73 Å². The van der Waals surface area contributed by atoms with Crippen LogP contribution >= 0.6 is 15.9 Å². The SMILES string of the molecule is C[C@@H](N)c1ccc(N2CCN(C)C(C)(C)C2)cc1Br. The van der Waals surface area contributed by atoms with Crippen molar-refractivity contribution in [2.24, 2.45) is 5.73 Å². The number of anilines is 1. The van der Waals surface area contributed by atoms with E-state index < -0.39 is 0 Å². The van der Waals surface area contributed by atoms with E-state index in [1.54, 1.807) is 0 Å². The van der Waals surface area contributed by atoms with Crippen LogP contribution in [0, 0.1) is 0 Å². The van der Waals surface area contributed by atoms with Gasteiger partial charge in [0.15, 0.2) is 0 Å². The zero-order valence-electron chi connectivity index (χ0n) is 12.3. The minimum absolute atomic E-state index is 0.0624. The van der Waals surface area contributed by atoms with E-state index in [0.717, 1.165) is 29.7 Å². The lowest BCUT2D eigenvalue weighted by Gasteiger charge is -2.46. The lowest BCUT2D eigenvalue weighted by Crippen LogP contribution is -2.57. The molecule has 1 aliphatic rings. The van der Waals surface area contributed by atoms with E-state index >= 15 is 0 Å². The predicted molar refractivity (Wildman–Crippen MR) is 85.7 cm³/mol. The zero-order chi connectivity index (χ0) is 14.2. The fraction of sp³-hybridized carbons (Fsp3) is 0.600. The average Bonchev–Trinajstić information content (AvgIpc) is 2.32. The van der Waals surface area contributed by atoms with Gasteiger partial charge < -0.3 is 10.6 Å². The highest BCUT2D eigenvalue weighted by atomic mass is 79.9. The molecule has 1 aliphatic heterocycles. The van der Waals surface area contributed by atoms with Crippen molar-refractivity contribution in [3.8, 4) is 0 Å². The van der Waals surface area contributed by atoms with E-state index in [0.29, 0.717) is 0 Å². The molecule has 1 aromatic carbocycles. The van der Waals surface area contributed by atoms with Gasteiger partial charge in [-0.25, -0.2) is 0 Å². The Morgan fingerprint density at radius 1 is 1.32 bits per heavy atom. The molecule has 1 saturated heterocycles. The Kier molecular flexibility index (Phi) is 4.23. The van der Waals surface area contributed by atoms with Crippen molar-refractivity contribution in [3.05, 3.63) is 28.2 Å². The highest BCUT2D eigenvalue weighted by Crippen LogP contribution is 2.30. The monoisotopic (exact) mass is 325 g/mol. The summed E-state index contributed by atoms with van der Waals surface area (Å²) in [4.78, 5) is 4.88. The van der Waals surface area contributed by atoms with E-state index in [9.17, 15) is 0 Å². The second-order valence-electron chi connectivity index (χ2n) is 6.15. The number of halogens is 1. The number of hydrogen-bond donors (Lipinski definition) is 1. The summed E-state index contributed by atoms with van der Waals surface area (Å²) in [7, 11) is 2.20. The van der Waals surface area contributed by atoms with Gasteiger partial charge in [0.1, 0.15) is 0 Å². The summed E-state index contributed by atoms with van der Waals surface area (Å²) in [5, 5.41) is 0. The summed E-state index contributed by atoms with van der Waals surface area (Å²) < 4.78 is 1.11. The van der Waals surface area contributed by atoms with Gasteiger partial charge in [0.2, 0.25) is 0 Å². The van der Waals surface area contributed by atoms with Crippen LogP contribution in [-0.2, 0) is 0 Å². The Morgan fingerprint density at radius 2 is 2.00 bits per heavy atom. The van der Waals surface area contributed by atoms with Gasteiger partial charge in [-0.05, 0) is 45.5 Å². The van der Waals surface area contributed by atoms with E-state index in [2.05, 4.69) is 64.8 Å². The first-order chi connectivity index (χ1) is 8.81. The van der Waals surface area contributed by atoms with Crippen LogP contribution in [0.5, 0.6) is 0 Å². The maximum absolute atomic E-state index is 5.95. The first kappa shape index (κ1) is 14.8. The molecule has 0 aromatic heterocycles. The lowest BCUT2D eigenvalue weighted by molar-refractivity contribution is 0.139. The molecule has 0 spiro atoms. The topological polar surface area (TPSA) is 32.5 Å². The highest BCUT2D eigenvalue weighted by molar-refractivity contribution is 9.10. The number of hydrogen-bond acceptors (Lipinski definition) is 3. The second-order valence-corrected chi connectivity index (χ2v) is 7.00. The molecule has 1 atom stereocenters. The molecule has 2 rings (SSSR count). The van der Waals surface area contributed by atoms with Gasteiger partial charge in [0, 0.05) is 41.4 Å². The smallest absolute Gasteiger partial charge is 0.0378 e. The molecule has 0 radical (unpaired) electrons. The fourth-order valence-electron chi connectivity index (χ4n) is 2.54. The first-order valence-corrected chi connectivity index (χ1v) is 7.62. The Hall–Kier alpha value is -0.580. The number of rotatable bonds is 2. The van der Waals surface area contributed by atoms with Crippen LogP contribution < -0.4 is 10.6 Å². The molecule has 1 heterocycles. The number of nitrogens with two attached hydrogens (primary N) is 1. The summed E-state index contributed by atoms with van der Waals surface area (Å²) in [6.45, 7) is 9.82. The van der Waals surface area contributed by atoms with Crippen molar-refractivity contribution in [1.29, 1.82) is 0 Å². The third kappa shape index (κ3) is 3.12. The van der Waals surface area contributed by atoms with Gasteiger partial charge in [0.25, 0.3) is 0 Å². The zero-order valence-corrected chi connectivity index (χ0v) is 13.9. The molecule has 19 heavy (non-hydrogen) atoms. The van der Waals surface area contributed by atoms with Crippen LogP contribution in [-0.4, -0.2) is 37.1 Å². The number of piperazine rings is 1. The van der Waals surface area contributed by atoms with Crippen molar-refractivity contribution in [1.82, 2.24) is 4.90 Å². The minimum atomic E-state index is 0.0624. The molecular weight excluding hydrogens is 302 g/mol. The standard InChI is InChI=1S/C15H24BrN3/c1-11(17)13-6-5-12(9-14(13)16)19-8-7-18(4)15(2,3)10-19/h5-6,9,11H,7-8,10,17H2,1-4H3/t11-/m1/s1. The Bertz CT molecular complexity index is 457. The van der Waals surface area contributed by atoms with Crippen LogP contribution in [0.3, 0.4) is 0 Å². The largest absolute Gasteiger partial charge is 0.368 e. The lowest BCUT2D eigenvalue weighted by atomic mass is 9.99. The van der Waals surface area contributed by atoms with Gasteiger partial charge in [-0.3, -0.25) is 4.90 Å². The van der Waals surface area contributed by atoms with Crippen LogP contribution in [0.25, 0.3) is 0 Å². The molecule has 0 amide bonds. The molecule has 0 saturated carbocycles. The maximum atomic E-state index is 5.95. The Morgan fingerprint density at radius 3 is 2.53 bits per heavy atom. The quantitative estimate of drug-likeness (QED) is 0.907. The van der Waals surface area contributed by atoms with Crippen molar-refractivity contribution in [3.63, 3.8) is 0 Å². The van der Waals surface area contributed by atoms with Crippen molar-refractivity contribution in [2.45, 2.75) is 32.4 Å². The molecule has 0 bridgehead atoms. The minimum Gasteiger partial charge on any atom is -0.368 e. The average molecular weight is 326 g/mol. The number of benzene rings is 1. The fourth-order valence-corrected chi connectivity index (χ4v) is 3.27. The second kappa shape index (κ2) is 5.43. The summed E-state index contributed by atoms with van der Waals surface area (Å²) >= 11 is 3.64. The highest BCUT2D eigenvalue weighted by Gasteiger charge is 2.31. The van der Waals surface area contributed by atoms with Crippen molar-refractivity contribution in [2.75, 3.05) is 31.6 Å². The Balaban J connectivity index is 2.21. The summed E-state index contributed by atoms with van der Waals surface area (Å²) in [6, 6.07) is 6.58. The molecule has 1 fully saturated rings. The number of likely N-dealkylation sites (N-methyl/N-ethyl adjacent to an activating group) is 1. The molecule has 2 N–H and O–H groups in total. The molecular formula is C15H24BrN3. The Labute approximate surface area is 124 Å². The third-order valence-electron chi connectivity index (χ3n) is 4.16. The first-order valence-electron chi connectivity index (χ1n) is 6.82. The van der Waals surface area contributed by atoms with E-state index in [-0.39, 0.29) is 11.6 Å². The van der Waals surface area contributed by atoms with E-state index in [1.807, 2.05) is 6.92 Å². The van der Waals surface area contributed by atoms with Crippen LogP contribution in [0.4, 0.5) is 5.69 Å². The van der Waals surface area contributed by atoms with Gasteiger partial charge in [0.05, 0.1) is 0 Å². The van der Waals surface area contributed by atoms with Crippen molar-refractivity contribution >= 4 is 21.6 Å². The van der Waals surface area contributed by atoms with Crippen LogP contribution in [0.1, 0.15) is 32.4 Å². The van der Waals surface area contributed by atoms with Gasteiger partial charge in [-0.15, -0.1) is 0 Å². The maximum Gasteiger partial charge on any atom is 0.0378 e. The summed E-state index contributed by atoms with van der Waals surface area (Å²) in [5.74, 6) is 0. The summed E-state index contributed by atoms with van der Waals surface area (Å²) in [5.41, 5.74) is 8.61. The van der Waals surface area contributed by atoms with Gasteiger partial charge >= 0.3 is 0 Å². The third-order valence-corrected chi connectivity index (χ3v) is 4.84. The van der Waals surface area contributed by atoms with Crippen LogP contribution in [0.15, 0.2) is 22.7 Å². The molecule has 106 valence electrons. The molecule has 1 aromatic rings. The van der Waals surface area contributed by atoms with E-state index in [1.165, 1.54) is 5.69 Å². The van der Waals surface area contributed by atoms with Crippen molar-refractivity contribution < 1.29 is 0 Å². The molecule has 0 unspecified atom stereocenters. The predicted octanol–water partition coefficient (Wildman–Crippen LogP) is 3.00. The molecule has 3 nitrogen and oxygen atoms in total. The number of nitrogens with zero attached hydrogens (tertiary/aromatic N) is 2. The van der Waals surface area contributed by atoms with Gasteiger partial charge in [-0.1, -0.05) is 22.0 Å². The molecule has 0 aliphatic carbocycles. The van der Waals surface area contributed by atoms with Gasteiger partial charge in [-0.2, -0.15) is 0 Å². The summed E-state index contributed by atoms with van der Waals surface area (Å²) in [6.07, 6.45) is 0. The van der Waals surface area contributed by atoms with Crippen LogP contribution in [0.2, 0.25) is 0 Å².